The number of ether oxygens (including phenoxy) is 1. The van der Waals surface area contributed by atoms with Crippen LogP contribution in [0, 0.1) is 23.7 Å². The molecule has 2 rings (SSSR count). The zero-order chi connectivity index (χ0) is 68.1. The highest BCUT2D eigenvalue weighted by Gasteiger charge is 2.41. The Morgan fingerprint density at radius 2 is 1.10 bits per heavy atom. The molecule has 0 spiro atoms. The lowest BCUT2D eigenvalue weighted by atomic mass is 9.94. The van der Waals surface area contributed by atoms with Crippen LogP contribution in [-0.4, -0.2) is 205 Å². The number of benzene rings is 1. The second-order valence-corrected chi connectivity index (χ2v) is 23.3. The molecule has 16 atom stereocenters. The molecule has 30 nitrogen and oxygen atoms in total. The minimum Gasteiger partial charge on any atom is -0.458 e. The van der Waals surface area contributed by atoms with E-state index in [0.29, 0.717) is 19.3 Å². The van der Waals surface area contributed by atoms with E-state index in [-0.39, 0.29) is 38.2 Å². The lowest BCUT2D eigenvalue weighted by molar-refractivity contribution is -0.157. The van der Waals surface area contributed by atoms with E-state index in [9.17, 15) is 67.7 Å². The van der Waals surface area contributed by atoms with Crippen LogP contribution >= 0.6 is 0 Å². The first-order valence-corrected chi connectivity index (χ1v) is 30.9. The Balaban J connectivity index is 2.41. The number of carbonyl (C=O) groups excluding carboxylic acids is 12. The van der Waals surface area contributed by atoms with Gasteiger partial charge in [-0.05, 0) is 75.8 Å². The molecule has 90 heavy (non-hydrogen) atoms. The van der Waals surface area contributed by atoms with Crippen LogP contribution < -0.4 is 70.0 Å². The molecule has 1 saturated heterocycles. The zero-order valence-corrected chi connectivity index (χ0v) is 54.4. The van der Waals surface area contributed by atoms with Gasteiger partial charge in [0.2, 0.25) is 65.0 Å². The number of nitrogens with one attached hydrogen (secondary N) is 11. The average Bonchev–Trinajstić information content (AvgIpc) is 1.72. The molecule has 30 heteroatoms. The van der Waals surface area contributed by atoms with Crippen molar-refractivity contribution in [3.8, 4) is 0 Å². The fourth-order valence-corrected chi connectivity index (χ4v) is 9.23. The Hall–Kier alpha value is -7.99. The summed E-state index contributed by atoms with van der Waals surface area (Å²) in [4.78, 5) is 172. The van der Waals surface area contributed by atoms with Crippen LogP contribution in [0.25, 0.3) is 0 Å². The van der Waals surface area contributed by atoms with Crippen LogP contribution in [0.2, 0.25) is 0 Å². The van der Waals surface area contributed by atoms with Gasteiger partial charge in [-0.15, -0.1) is 0 Å². The molecule has 1 fully saturated rings. The lowest BCUT2D eigenvalue weighted by Gasteiger charge is -2.31. The minimum absolute atomic E-state index is 0.0591. The van der Waals surface area contributed by atoms with Crippen LogP contribution in [0.1, 0.15) is 126 Å². The Morgan fingerprint density at radius 1 is 0.622 bits per heavy atom. The summed E-state index contributed by atoms with van der Waals surface area (Å²) in [5.74, 6) is -12.9. The minimum atomic E-state index is -1.82. The lowest BCUT2D eigenvalue weighted by Crippen LogP contribution is -2.63. The predicted octanol–water partition coefficient (Wildman–Crippen LogP) is -3.28. The molecular formula is C60H101N15O15. The number of hydrogen-bond donors (Lipinski definition) is 15. The molecule has 0 aromatic heterocycles. The Bertz CT molecular complexity index is 2610. The third kappa shape index (κ3) is 24.8. The number of nitrogens with zero attached hydrogens (tertiary/aromatic N) is 2. The monoisotopic (exact) mass is 1270 g/mol. The molecular weight excluding hydrogens is 1170 g/mol. The standard InChI is InChI=1S/C60H101N15O15/c1-14-31(5)44(71-52(82)40(63-11)28-37-22-19-18-20-23-37)55(85)68-41(29-76)53(83)67-39(25-26-43(61)78)51(81)70-46(33(7)16-3)57(87)72-45(32(6)15-2)56(86)69-42(30-77)54(84)74-48-36(10)90-59(89)47(34(8)17-4)73-50(80)38(24-21-27-64-60(62)75(12)13)66-49(79)35(9)65-58(48)88/h18-20,22-23,31-36,38-42,44-48,63,76-77H,14-17,21,24-30H2,1-13H3,(H2,61,78)(H2,62,64)(H,65,88)(H,66,79)(H,67,83)(H,68,85)(H,69,86)(H,70,81)(H,71,82)(H,72,87)(H,73,80)(H,74,84)/t31-,32-,33-,34-,35-,36-,38-,39+,40+,41-,42-,44-,45-,46+,47-,48+/m0/s1. The molecule has 0 unspecified atom stereocenters. The molecule has 0 radical (unpaired) electrons. The van der Waals surface area contributed by atoms with Gasteiger partial charge in [-0.25, -0.2) is 4.79 Å². The summed E-state index contributed by atoms with van der Waals surface area (Å²) in [6.45, 7) is 14.3. The van der Waals surface area contributed by atoms with E-state index < -0.39 is 193 Å². The van der Waals surface area contributed by atoms with Gasteiger partial charge in [-0.2, -0.15) is 0 Å². The number of aliphatic hydroxyl groups excluding tert-OH is 2. The number of guanidine groups is 1. The maximum Gasteiger partial charge on any atom is 0.329 e. The first-order valence-electron chi connectivity index (χ1n) is 30.9. The van der Waals surface area contributed by atoms with Crippen molar-refractivity contribution in [2.24, 2.45) is 40.1 Å². The summed E-state index contributed by atoms with van der Waals surface area (Å²) >= 11 is 0. The number of carbonyl (C=O) groups is 12. The Kier molecular flexibility index (Phi) is 34.0. The SMILES string of the molecule is CC[C@H](C)[C@H](NC(=O)[C@@H](Cc1ccccc1)NC)C(=O)N[C@@H](CO)C(=O)N[C@H](CCC(N)=O)C(=O)N[C@@H](C(=O)N[C@H](C(=O)N[C@@H](CO)C(=O)N[C@H]1C(=O)N[C@@H](C)C(=O)N[C@@H](CCCN=C(N)N(C)C)C(=O)N[C@@H]([C@@H](C)CC)C(=O)O[C@H]1C)[C@@H](C)CC)[C@@H](C)CC. The van der Waals surface area contributed by atoms with E-state index >= 15 is 0 Å². The van der Waals surface area contributed by atoms with E-state index in [0.717, 1.165) is 5.56 Å². The van der Waals surface area contributed by atoms with Gasteiger partial charge in [-0.1, -0.05) is 111 Å². The van der Waals surface area contributed by atoms with E-state index in [2.05, 4.69) is 63.5 Å². The van der Waals surface area contributed by atoms with Crippen molar-refractivity contribution in [1.29, 1.82) is 0 Å². The molecule has 1 heterocycles. The van der Waals surface area contributed by atoms with E-state index in [4.69, 9.17) is 16.2 Å². The van der Waals surface area contributed by atoms with Gasteiger partial charge in [0.25, 0.3) is 0 Å². The van der Waals surface area contributed by atoms with E-state index in [1.807, 2.05) is 30.3 Å². The third-order valence-corrected chi connectivity index (χ3v) is 16.2. The topological polar surface area (TPSA) is 454 Å². The largest absolute Gasteiger partial charge is 0.458 e. The molecule has 11 amide bonds. The highest BCUT2D eigenvalue weighted by Crippen LogP contribution is 2.17. The normalized spacial score (nSPS) is 21.1. The number of esters is 1. The van der Waals surface area contributed by atoms with Gasteiger partial charge >= 0.3 is 5.97 Å². The molecule has 1 aromatic rings. The molecule has 0 bridgehead atoms. The first kappa shape index (κ1) is 78.1. The zero-order valence-electron chi connectivity index (χ0n) is 54.4. The summed E-state index contributed by atoms with van der Waals surface area (Å²) in [6.07, 6.45) is -0.399. The number of hydrogen-bond acceptors (Lipinski definition) is 17. The van der Waals surface area contributed by atoms with Gasteiger partial charge in [0, 0.05) is 27.1 Å². The second kappa shape index (κ2) is 39.2. The van der Waals surface area contributed by atoms with Crippen LogP contribution in [-0.2, 0) is 68.7 Å². The van der Waals surface area contributed by atoms with Crippen molar-refractivity contribution in [3.63, 3.8) is 0 Å². The number of rotatable bonds is 34. The predicted molar refractivity (Wildman–Crippen MR) is 333 cm³/mol. The van der Waals surface area contributed by atoms with Crippen molar-refractivity contribution in [1.82, 2.24) is 63.4 Å². The van der Waals surface area contributed by atoms with Crippen LogP contribution in [0.3, 0.4) is 0 Å². The molecule has 1 aliphatic rings. The molecule has 0 saturated carbocycles. The average molecular weight is 1270 g/mol. The summed E-state index contributed by atoms with van der Waals surface area (Å²) in [5, 5.41) is 49.4. The number of primary amides is 1. The fraction of sp³-hybridized carbons (Fsp3) is 0.683. The number of nitrogens with two attached hydrogens (primary N) is 2. The summed E-state index contributed by atoms with van der Waals surface area (Å²) < 4.78 is 5.74. The van der Waals surface area contributed by atoms with Gasteiger partial charge in [0.15, 0.2) is 5.96 Å². The van der Waals surface area contributed by atoms with Crippen LogP contribution in [0.15, 0.2) is 35.3 Å². The maximum absolute atomic E-state index is 14.4. The number of aliphatic hydroxyl groups is 2. The fourth-order valence-electron chi connectivity index (χ4n) is 9.23. The smallest absolute Gasteiger partial charge is 0.329 e. The van der Waals surface area contributed by atoms with Crippen molar-refractivity contribution >= 4 is 76.9 Å². The number of amides is 11. The maximum atomic E-state index is 14.4. The second-order valence-electron chi connectivity index (χ2n) is 23.3. The summed E-state index contributed by atoms with van der Waals surface area (Å²) in [7, 11) is 5.00. The van der Waals surface area contributed by atoms with Crippen molar-refractivity contribution < 1.29 is 72.5 Å². The summed E-state index contributed by atoms with van der Waals surface area (Å²) in [6, 6.07) is -6.33. The van der Waals surface area contributed by atoms with Crippen LogP contribution in [0.4, 0.5) is 0 Å². The number of likely N-dealkylation sites (N-methyl/N-ethyl adjacent to an activating group) is 1. The van der Waals surface area contributed by atoms with E-state index in [1.54, 1.807) is 81.4 Å². The molecule has 506 valence electrons. The number of cyclic esters (lactones) is 1. The molecule has 1 aliphatic heterocycles. The van der Waals surface area contributed by atoms with Gasteiger partial charge in [-0.3, -0.25) is 57.7 Å². The third-order valence-electron chi connectivity index (χ3n) is 16.2. The molecule has 0 aliphatic carbocycles. The highest BCUT2D eigenvalue weighted by atomic mass is 16.5. The van der Waals surface area contributed by atoms with E-state index in [1.165, 1.54) is 13.8 Å². The highest BCUT2D eigenvalue weighted by molar-refractivity contribution is 5.99. The molecule has 1 aromatic carbocycles. The van der Waals surface area contributed by atoms with Crippen molar-refractivity contribution in [2.75, 3.05) is 40.9 Å². The van der Waals surface area contributed by atoms with Crippen molar-refractivity contribution in [3.05, 3.63) is 35.9 Å². The Labute approximate surface area is 527 Å². The quantitative estimate of drug-likeness (QED) is 0.0139. The first-order chi connectivity index (χ1) is 42.4. The van der Waals surface area contributed by atoms with Gasteiger partial charge in [0.1, 0.15) is 66.5 Å². The van der Waals surface area contributed by atoms with Gasteiger partial charge < -0.3 is 89.8 Å². The molecule has 17 N–H and O–H groups in total. The van der Waals surface area contributed by atoms with Crippen molar-refractivity contribution in [2.45, 2.75) is 200 Å². The Morgan fingerprint density at radius 3 is 1.58 bits per heavy atom. The number of aliphatic imine (C=N–C) groups is 1. The van der Waals surface area contributed by atoms with Gasteiger partial charge in [0.05, 0.1) is 19.3 Å². The summed E-state index contributed by atoms with van der Waals surface area (Å²) in [5.41, 5.74) is 12.2. The van der Waals surface area contributed by atoms with Crippen LogP contribution in [0.5, 0.6) is 0 Å².